The Morgan fingerprint density at radius 2 is 1.82 bits per heavy atom. The fourth-order valence-corrected chi connectivity index (χ4v) is 3.62. The van der Waals surface area contributed by atoms with Crippen molar-refractivity contribution >= 4 is 11.8 Å². The van der Waals surface area contributed by atoms with Gasteiger partial charge in [-0.15, -0.1) is 0 Å². The van der Waals surface area contributed by atoms with E-state index in [1.54, 1.807) is 12.0 Å². The first-order chi connectivity index (χ1) is 13.6. The number of rotatable bonds is 6. The lowest BCUT2D eigenvalue weighted by atomic mass is 9.83. The molecular weight excluding hydrogens is 359 g/mol. The molecule has 0 spiro atoms. The third kappa shape index (κ3) is 4.95. The summed E-state index contributed by atoms with van der Waals surface area (Å²) in [5, 5.41) is 2.88. The highest BCUT2D eigenvalue weighted by Gasteiger charge is 2.34. The fraction of sp³-hybridized carbons (Fsp3) is 0.364. The van der Waals surface area contributed by atoms with Crippen LogP contribution >= 0.6 is 0 Å². The van der Waals surface area contributed by atoms with E-state index in [4.69, 9.17) is 4.74 Å². The number of likely N-dealkylation sites (tertiary alicyclic amines) is 1. The smallest absolute Gasteiger partial charge is 0.253 e. The van der Waals surface area contributed by atoms with E-state index in [1.807, 2.05) is 30.3 Å². The molecule has 0 aliphatic carbocycles. The molecule has 2 aromatic rings. The zero-order valence-electron chi connectivity index (χ0n) is 15.9. The Bertz CT molecular complexity index is 795. The Kier molecular flexibility index (Phi) is 6.76. The monoisotopic (exact) mass is 384 g/mol. The van der Waals surface area contributed by atoms with Crippen LogP contribution in [-0.2, 0) is 9.53 Å². The number of ether oxygens (including phenoxy) is 1. The van der Waals surface area contributed by atoms with Gasteiger partial charge in [0, 0.05) is 38.2 Å². The van der Waals surface area contributed by atoms with Gasteiger partial charge >= 0.3 is 0 Å². The Balaban J connectivity index is 1.79. The van der Waals surface area contributed by atoms with Gasteiger partial charge in [-0.2, -0.15) is 0 Å². The Morgan fingerprint density at radius 1 is 1.11 bits per heavy atom. The average molecular weight is 384 g/mol. The molecule has 1 N–H and O–H groups in total. The van der Waals surface area contributed by atoms with E-state index in [1.165, 1.54) is 24.3 Å². The lowest BCUT2D eigenvalue weighted by Crippen LogP contribution is -2.48. The molecule has 28 heavy (non-hydrogen) atoms. The third-order valence-electron chi connectivity index (χ3n) is 5.08. The van der Waals surface area contributed by atoms with Gasteiger partial charge in [-0.05, 0) is 36.2 Å². The van der Waals surface area contributed by atoms with Crippen molar-refractivity contribution < 1.29 is 18.7 Å². The molecule has 148 valence electrons. The predicted molar refractivity (Wildman–Crippen MR) is 104 cm³/mol. The summed E-state index contributed by atoms with van der Waals surface area (Å²) in [5.74, 6) is -0.879. The number of carbonyl (C=O) groups excluding carboxylic acids is 2. The number of piperidine rings is 1. The van der Waals surface area contributed by atoms with Crippen molar-refractivity contribution in [1.82, 2.24) is 10.2 Å². The van der Waals surface area contributed by atoms with E-state index in [0.717, 1.165) is 5.56 Å². The van der Waals surface area contributed by atoms with E-state index in [-0.39, 0.29) is 29.5 Å². The van der Waals surface area contributed by atoms with E-state index < -0.39 is 0 Å². The fourth-order valence-electron chi connectivity index (χ4n) is 3.62. The molecule has 1 aliphatic heterocycles. The van der Waals surface area contributed by atoms with Crippen LogP contribution in [0.25, 0.3) is 0 Å². The summed E-state index contributed by atoms with van der Waals surface area (Å²) >= 11 is 0. The molecule has 1 saturated heterocycles. The second kappa shape index (κ2) is 9.46. The molecule has 3 rings (SSSR count). The molecule has 2 amide bonds. The van der Waals surface area contributed by atoms with Crippen molar-refractivity contribution in [2.45, 2.75) is 12.3 Å². The molecule has 5 nitrogen and oxygen atoms in total. The van der Waals surface area contributed by atoms with Crippen LogP contribution in [0.2, 0.25) is 0 Å². The molecule has 6 heteroatoms. The van der Waals surface area contributed by atoms with Crippen molar-refractivity contribution in [3.05, 3.63) is 71.5 Å². The van der Waals surface area contributed by atoms with Crippen molar-refractivity contribution in [1.29, 1.82) is 0 Å². The van der Waals surface area contributed by atoms with Gasteiger partial charge in [0.25, 0.3) is 5.91 Å². The molecular formula is C22H25FN2O3. The summed E-state index contributed by atoms with van der Waals surface area (Å²) in [6.45, 7) is 1.76. The van der Waals surface area contributed by atoms with Crippen molar-refractivity contribution in [2.75, 3.05) is 33.4 Å². The van der Waals surface area contributed by atoms with Crippen molar-refractivity contribution in [2.24, 2.45) is 5.92 Å². The van der Waals surface area contributed by atoms with E-state index >= 15 is 0 Å². The van der Waals surface area contributed by atoms with Gasteiger partial charge in [0.15, 0.2) is 0 Å². The SMILES string of the molecule is COCCNC(=O)[C@H]1C[C@@H](c2ccccc2)CN(C(=O)c2ccc(F)cc2)C1. The van der Waals surface area contributed by atoms with Crippen LogP contribution in [0.15, 0.2) is 54.6 Å². The molecule has 0 saturated carbocycles. The first-order valence-electron chi connectivity index (χ1n) is 9.45. The number of amides is 2. The first-order valence-corrected chi connectivity index (χ1v) is 9.45. The summed E-state index contributed by atoms with van der Waals surface area (Å²) in [6, 6.07) is 15.4. The maximum absolute atomic E-state index is 13.2. The minimum Gasteiger partial charge on any atom is -0.383 e. The summed E-state index contributed by atoms with van der Waals surface area (Å²) in [7, 11) is 1.58. The highest BCUT2D eigenvalue weighted by molar-refractivity contribution is 5.94. The standard InChI is InChI=1S/C22H25FN2O3/c1-28-12-11-24-21(26)19-13-18(16-5-3-2-4-6-16)14-25(15-19)22(27)17-7-9-20(23)10-8-17/h2-10,18-19H,11-15H2,1H3,(H,24,26)/t18-,19+/m1/s1. The Morgan fingerprint density at radius 3 is 2.50 bits per heavy atom. The predicted octanol–water partition coefficient (Wildman–Crippen LogP) is 2.83. The van der Waals surface area contributed by atoms with Gasteiger partial charge in [-0.3, -0.25) is 9.59 Å². The molecule has 2 aromatic carbocycles. The van der Waals surface area contributed by atoms with Gasteiger partial charge in [-0.25, -0.2) is 4.39 Å². The van der Waals surface area contributed by atoms with Gasteiger partial charge in [0.1, 0.15) is 5.82 Å². The number of nitrogens with zero attached hydrogens (tertiary/aromatic N) is 1. The number of nitrogens with one attached hydrogen (secondary N) is 1. The average Bonchev–Trinajstić information content (AvgIpc) is 2.74. The summed E-state index contributed by atoms with van der Waals surface area (Å²) in [5.41, 5.74) is 1.53. The summed E-state index contributed by atoms with van der Waals surface area (Å²) in [6.07, 6.45) is 0.677. The van der Waals surface area contributed by atoms with Gasteiger partial charge < -0.3 is 15.0 Å². The van der Waals surface area contributed by atoms with Crippen LogP contribution in [0, 0.1) is 11.7 Å². The lowest BCUT2D eigenvalue weighted by Gasteiger charge is -2.37. The highest BCUT2D eigenvalue weighted by Crippen LogP contribution is 2.31. The van der Waals surface area contributed by atoms with Crippen LogP contribution in [0.4, 0.5) is 4.39 Å². The minimum absolute atomic E-state index is 0.0672. The highest BCUT2D eigenvalue weighted by atomic mass is 19.1. The Hall–Kier alpha value is -2.73. The van der Waals surface area contributed by atoms with E-state index in [9.17, 15) is 14.0 Å². The van der Waals surface area contributed by atoms with Crippen molar-refractivity contribution in [3.63, 3.8) is 0 Å². The van der Waals surface area contributed by atoms with Gasteiger partial charge in [0.05, 0.1) is 12.5 Å². The molecule has 0 radical (unpaired) electrons. The number of hydrogen-bond acceptors (Lipinski definition) is 3. The number of benzene rings is 2. The Labute approximate surface area is 164 Å². The van der Waals surface area contributed by atoms with Gasteiger partial charge in [-0.1, -0.05) is 30.3 Å². The molecule has 0 aromatic heterocycles. The maximum atomic E-state index is 13.2. The second-order valence-corrected chi connectivity index (χ2v) is 7.04. The van der Waals surface area contributed by atoms with Crippen LogP contribution in [-0.4, -0.2) is 50.1 Å². The molecule has 0 bridgehead atoms. The third-order valence-corrected chi connectivity index (χ3v) is 5.08. The van der Waals surface area contributed by atoms with E-state index in [2.05, 4.69) is 5.32 Å². The van der Waals surface area contributed by atoms with Crippen LogP contribution < -0.4 is 5.32 Å². The largest absolute Gasteiger partial charge is 0.383 e. The lowest BCUT2D eigenvalue weighted by molar-refractivity contribution is -0.126. The van der Waals surface area contributed by atoms with Crippen LogP contribution in [0.3, 0.4) is 0 Å². The second-order valence-electron chi connectivity index (χ2n) is 7.04. The molecule has 1 aliphatic rings. The first kappa shape index (κ1) is 20.0. The quantitative estimate of drug-likeness (QED) is 0.779. The molecule has 1 heterocycles. The number of hydrogen-bond donors (Lipinski definition) is 1. The number of carbonyl (C=O) groups is 2. The number of halogens is 1. The topological polar surface area (TPSA) is 58.6 Å². The normalized spacial score (nSPS) is 19.3. The summed E-state index contributed by atoms with van der Waals surface area (Å²) in [4.78, 5) is 27.3. The molecule has 2 atom stereocenters. The van der Waals surface area contributed by atoms with E-state index in [0.29, 0.717) is 38.2 Å². The van der Waals surface area contributed by atoms with Crippen LogP contribution in [0.1, 0.15) is 28.3 Å². The number of methoxy groups -OCH3 is 1. The zero-order valence-corrected chi connectivity index (χ0v) is 15.9. The van der Waals surface area contributed by atoms with Gasteiger partial charge in [0.2, 0.25) is 5.91 Å². The maximum Gasteiger partial charge on any atom is 0.253 e. The summed E-state index contributed by atoms with van der Waals surface area (Å²) < 4.78 is 18.2. The zero-order chi connectivity index (χ0) is 19.9. The minimum atomic E-state index is -0.382. The molecule has 1 fully saturated rings. The molecule has 0 unspecified atom stereocenters. The van der Waals surface area contributed by atoms with Crippen molar-refractivity contribution in [3.8, 4) is 0 Å². The van der Waals surface area contributed by atoms with Crippen LogP contribution in [0.5, 0.6) is 0 Å².